The quantitative estimate of drug-likeness (QED) is 0.248. The fraction of sp³-hybridized carbons (Fsp3) is 0.355. The van der Waals surface area contributed by atoms with Crippen molar-refractivity contribution in [1.82, 2.24) is 10.6 Å². The minimum atomic E-state index is -0.498. The van der Waals surface area contributed by atoms with Gasteiger partial charge in [0.15, 0.2) is 0 Å². The van der Waals surface area contributed by atoms with Gasteiger partial charge in [-0.1, -0.05) is 53.8 Å². The highest BCUT2D eigenvalue weighted by Crippen LogP contribution is 2.36. The lowest BCUT2D eigenvalue weighted by Gasteiger charge is -2.20. The first-order chi connectivity index (χ1) is 18.3. The lowest BCUT2D eigenvalue weighted by molar-refractivity contribution is -0.130. The number of rotatable bonds is 9. The molecular formula is C31H36N4O2S. The molecule has 1 aliphatic heterocycles. The molecule has 1 fully saturated rings. The van der Waals surface area contributed by atoms with Crippen LogP contribution < -0.4 is 10.6 Å². The van der Waals surface area contributed by atoms with E-state index in [1.807, 2.05) is 50.3 Å². The molecule has 1 saturated heterocycles. The van der Waals surface area contributed by atoms with Crippen molar-refractivity contribution in [3.63, 3.8) is 0 Å². The molecule has 0 aromatic heterocycles. The van der Waals surface area contributed by atoms with Crippen LogP contribution in [0.2, 0.25) is 0 Å². The van der Waals surface area contributed by atoms with Gasteiger partial charge in [0.2, 0.25) is 11.8 Å². The Morgan fingerprint density at radius 1 is 1.26 bits per heavy atom. The Bertz CT molecular complexity index is 1240. The number of thioether (sulfide) groups is 1. The molecule has 2 unspecified atom stereocenters. The molecule has 7 heteroatoms. The number of amides is 2. The van der Waals surface area contributed by atoms with E-state index in [4.69, 9.17) is 5.41 Å². The summed E-state index contributed by atoms with van der Waals surface area (Å²) in [6.45, 7) is 8.58. The number of nitrogens with zero attached hydrogens (tertiary/aromatic N) is 1. The minimum Gasteiger partial charge on any atom is -0.354 e. The van der Waals surface area contributed by atoms with Gasteiger partial charge in [0, 0.05) is 11.4 Å². The monoisotopic (exact) mass is 528 g/mol. The van der Waals surface area contributed by atoms with E-state index in [1.54, 1.807) is 30.0 Å². The van der Waals surface area contributed by atoms with Gasteiger partial charge < -0.3 is 16.0 Å². The summed E-state index contributed by atoms with van der Waals surface area (Å²) < 4.78 is 0. The topological polar surface area (TPSA) is 106 Å². The van der Waals surface area contributed by atoms with Gasteiger partial charge in [-0.25, -0.2) is 0 Å². The third-order valence-electron chi connectivity index (χ3n) is 6.83. The van der Waals surface area contributed by atoms with Crippen LogP contribution >= 0.6 is 11.8 Å². The van der Waals surface area contributed by atoms with Gasteiger partial charge in [0.05, 0.1) is 23.3 Å². The zero-order valence-corrected chi connectivity index (χ0v) is 23.0. The van der Waals surface area contributed by atoms with Crippen molar-refractivity contribution in [3.8, 4) is 6.07 Å². The fourth-order valence-electron chi connectivity index (χ4n) is 4.37. The van der Waals surface area contributed by atoms with Crippen LogP contribution in [0.25, 0.3) is 0 Å². The minimum absolute atomic E-state index is 0.119. The van der Waals surface area contributed by atoms with E-state index in [2.05, 4.69) is 23.3 Å². The lowest BCUT2D eigenvalue weighted by atomic mass is 9.97. The van der Waals surface area contributed by atoms with Crippen LogP contribution in [0.3, 0.4) is 0 Å². The van der Waals surface area contributed by atoms with Crippen LogP contribution in [0, 0.1) is 22.7 Å². The Hall–Kier alpha value is -3.63. The smallest absolute Gasteiger partial charge is 0.242 e. The number of hydrogen-bond acceptors (Lipinski definition) is 5. The molecule has 2 atom stereocenters. The molecule has 2 aliphatic carbocycles. The molecule has 3 aliphatic rings. The number of nitriles is 1. The first kappa shape index (κ1) is 28.9. The van der Waals surface area contributed by atoms with Crippen LogP contribution in [0.4, 0.5) is 0 Å². The molecule has 0 aromatic carbocycles. The van der Waals surface area contributed by atoms with Crippen LogP contribution in [-0.2, 0) is 9.59 Å². The molecule has 6 nitrogen and oxygen atoms in total. The highest BCUT2D eigenvalue weighted by Gasteiger charge is 2.26. The average molecular weight is 529 g/mol. The second-order valence-electron chi connectivity index (χ2n) is 9.57. The summed E-state index contributed by atoms with van der Waals surface area (Å²) in [7, 11) is 0. The van der Waals surface area contributed by atoms with Crippen molar-refractivity contribution in [3.05, 3.63) is 93.4 Å². The second-order valence-corrected chi connectivity index (χ2v) is 10.8. The Morgan fingerprint density at radius 3 is 2.84 bits per heavy atom. The fourth-order valence-corrected chi connectivity index (χ4v) is 5.42. The zero-order chi connectivity index (χ0) is 27.5. The molecule has 0 bridgehead atoms. The Kier molecular flexibility index (Phi) is 10.9. The van der Waals surface area contributed by atoms with E-state index in [-0.39, 0.29) is 11.8 Å². The number of carbonyl (C=O) groups excluding carboxylic acids is 2. The van der Waals surface area contributed by atoms with Crippen molar-refractivity contribution in [2.45, 2.75) is 58.4 Å². The van der Waals surface area contributed by atoms with Gasteiger partial charge in [-0.05, 0) is 86.7 Å². The van der Waals surface area contributed by atoms with Crippen molar-refractivity contribution in [2.24, 2.45) is 5.92 Å². The first-order valence-electron chi connectivity index (χ1n) is 13.0. The van der Waals surface area contributed by atoms with Gasteiger partial charge >= 0.3 is 0 Å². The Balaban J connectivity index is 1.77. The molecule has 3 N–H and O–H groups in total. The third-order valence-corrected chi connectivity index (χ3v) is 8.09. The van der Waals surface area contributed by atoms with Crippen LogP contribution in [0.15, 0.2) is 93.4 Å². The molecule has 0 radical (unpaired) electrons. The molecule has 0 spiro atoms. The van der Waals surface area contributed by atoms with Gasteiger partial charge in [0.1, 0.15) is 6.04 Å². The Morgan fingerprint density at radius 2 is 2.08 bits per heavy atom. The predicted molar refractivity (Wildman–Crippen MR) is 156 cm³/mol. The molecular weight excluding hydrogens is 492 g/mol. The van der Waals surface area contributed by atoms with Gasteiger partial charge in [0.25, 0.3) is 0 Å². The molecule has 198 valence electrons. The van der Waals surface area contributed by atoms with E-state index in [1.165, 1.54) is 0 Å². The van der Waals surface area contributed by atoms with E-state index in [9.17, 15) is 14.9 Å². The van der Waals surface area contributed by atoms with Gasteiger partial charge in [-0.15, -0.1) is 6.58 Å². The van der Waals surface area contributed by atoms with Crippen molar-refractivity contribution < 1.29 is 9.59 Å². The standard InChI is InChI=1S/C31H36N4O2S/c1-4-24(30(36)35-27-14-8-9-18-34-31(27)37)19-21(2)22(3)38-28-15-7-5-6-13-26(28)29(33)25-12-10-11-23(20-32)16-17-25/h4-7,10-11,15-17,24,27,33H,1,8-9,12-14,18-19H2,2-3H3,(H,34,37)(H,35,36)/b22-21+,33-29?. The first-order valence-corrected chi connectivity index (χ1v) is 13.8. The van der Waals surface area contributed by atoms with Gasteiger partial charge in [-0.3, -0.25) is 9.59 Å². The largest absolute Gasteiger partial charge is 0.354 e. The maximum absolute atomic E-state index is 13.0. The number of nitrogens with one attached hydrogen (secondary N) is 3. The van der Waals surface area contributed by atoms with E-state index in [0.29, 0.717) is 43.5 Å². The van der Waals surface area contributed by atoms with Crippen LogP contribution in [-0.4, -0.2) is 30.1 Å². The van der Waals surface area contributed by atoms with Crippen molar-refractivity contribution in [2.75, 3.05) is 6.54 Å². The number of hydrogen-bond donors (Lipinski definition) is 3. The van der Waals surface area contributed by atoms with Crippen molar-refractivity contribution >= 4 is 29.3 Å². The third kappa shape index (κ3) is 7.93. The SMILES string of the molecule is C=CC(C/C(C)=C(\C)SC1=C(C(=N)C2=CC=C(C#N)C=CC2)CC=CC=C1)C(=O)NC1CCCCNC1=O. The summed E-state index contributed by atoms with van der Waals surface area (Å²) in [5, 5.41) is 23.9. The highest BCUT2D eigenvalue weighted by molar-refractivity contribution is 8.06. The summed E-state index contributed by atoms with van der Waals surface area (Å²) in [4.78, 5) is 27.3. The van der Waals surface area contributed by atoms with Crippen molar-refractivity contribution in [1.29, 1.82) is 10.7 Å². The summed E-state index contributed by atoms with van der Waals surface area (Å²) in [5.41, 5.74) is 3.90. The Labute approximate surface area is 230 Å². The van der Waals surface area contributed by atoms with E-state index < -0.39 is 12.0 Å². The normalized spacial score (nSPS) is 21.0. The summed E-state index contributed by atoms with van der Waals surface area (Å²) in [6, 6.07) is 1.66. The maximum atomic E-state index is 13.0. The molecule has 3 rings (SSSR count). The zero-order valence-electron chi connectivity index (χ0n) is 22.2. The van der Waals surface area contributed by atoms with E-state index in [0.717, 1.165) is 39.4 Å². The lowest BCUT2D eigenvalue weighted by Crippen LogP contribution is -2.47. The summed E-state index contributed by atoms with van der Waals surface area (Å²) in [5.74, 6) is -0.742. The molecule has 1 heterocycles. The maximum Gasteiger partial charge on any atom is 0.242 e. The highest BCUT2D eigenvalue weighted by atomic mass is 32.2. The molecule has 38 heavy (non-hydrogen) atoms. The van der Waals surface area contributed by atoms with Gasteiger partial charge in [-0.2, -0.15) is 5.26 Å². The molecule has 2 amide bonds. The number of carbonyl (C=O) groups is 2. The molecule has 0 saturated carbocycles. The number of allylic oxidation sites excluding steroid dienone is 13. The van der Waals surface area contributed by atoms with Crippen LogP contribution in [0.1, 0.15) is 52.4 Å². The van der Waals surface area contributed by atoms with E-state index >= 15 is 0 Å². The van der Waals surface area contributed by atoms with Crippen LogP contribution in [0.5, 0.6) is 0 Å². The average Bonchev–Trinajstić information content (AvgIpc) is 3.38. The second kappa shape index (κ2) is 14.3. The summed E-state index contributed by atoms with van der Waals surface area (Å²) in [6.07, 6.45) is 21.2. The summed E-state index contributed by atoms with van der Waals surface area (Å²) >= 11 is 1.60. The molecule has 0 aromatic rings. The predicted octanol–water partition coefficient (Wildman–Crippen LogP) is 6.12.